The highest BCUT2D eigenvalue weighted by Gasteiger charge is 2.49. The van der Waals surface area contributed by atoms with E-state index in [-0.39, 0.29) is 70.4 Å². The van der Waals surface area contributed by atoms with E-state index in [9.17, 15) is 47.4 Å². The summed E-state index contributed by atoms with van der Waals surface area (Å²) in [4.78, 5) is 149. The number of fused-ring (bicyclic) bond motifs is 30. The van der Waals surface area contributed by atoms with Crippen LogP contribution in [0.25, 0.3) is 16.5 Å². The molecule has 5 heterocycles. The van der Waals surface area contributed by atoms with Crippen molar-refractivity contribution in [2.75, 3.05) is 20.2 Å². The number of ketones is 2. The topological polar surface area (TPSA) is 309 Å². The molecular weight excluding hydrogens is 1220 g/mol. The Morgan fingerprint density at radius 1 is 0.755 bits per heavy atom. The summed E-state index contributed by atoms with van der Waals surface area (Å²) in [5.41, 5.74) is 8.94. The highest BCUT2D eigenvalue weighted by molar-refractivity contribution is 6.00. The predicted octanol–water partition coefficient (Wildman–Crippen LogP) is 5.39. The van der Waals surface area contributed by atoms with Crippen molar-refractivity contribution in [1.29, 1.82) is 0 Å². The smallest absolute Gasteiger partial charge is 0.246 e. The largest absolute Gasteiger partial charge is 0.497 e. The third-order valence-electron chi connectivity index (χ3n) is 18.7. The number of aliphatic hydroxyl groups excluding tert-OH is 1. The fourth-order valence-electron chi connectivity index (χ4n) is 13.1. The number of rotatable bonds is 9. The number of hydrogen-bond donors (Lipinski definition) is 8. The molecular formula is C70H82F3N9O12. The molecule has 5 aromatic rings. The number of carbonyl (C=O) groups excluding carboxylic acids is 10. The number of carbonyl (C=O) groups is 10. The summed E-state index contributed by atoms with van der Waals surface area (Å²) in [5, 5.41) is 25.3. The molecule has 0 saturated carbocycles. The summed E-state index contributed by atoms with van der Waals surface area (Å²) in [5.74, 6) is -10.1. The van der Waals surface area contributed by atoms with Gasteiger partial charge >= 0.3 is 0 Å². The number of ether oxygens (including phenoxy) is 1. The first-order chi connectivity index (χ1) is 44.9. The van der Waals surface area contributed by atoms with Gasteiger partial charge in [-0.15, -0.1) is 0 Å². The van der Waals surface area contributed by atoms with Crippen LogP contribution in [0.4, 0.5) is 13.2 Å². The highest BCUT2D eigenvalue weighted by Crippen LogP contribution is 2.36. The molecule has 10 atom stereocenters. The van der Waals surface area contributed by atoms with Crippen molar-refractivity contribution in [2.24, 2.45) is 17.6 Å². The van der Waals surface area contributed by atoms with Crippen LogP contribution in [-0.4, -0.2) is 147 Å². The summed E-state index contributed by atoms with van der Waals surface area (Å²) >= 11 is 0. The van der Waals surface area contributed by atoms with Gasteiger partial charge in [-0.05, 0) is 147 Å². The number of allylic oxidation sites excluding steroid dienone is 1. The molecule has 1 aliphatic carbocycles. The average Bonchev–Trinajstić information content (AvgIpc) is 1.57. The van der Waals surface area contributed by atoms with E-state index in [0.717, 1.165) is 10.5 Å². The summed E-state index contributed by atoms with van der Waals surface area (Å²) in [6.45, 7) is 3.84. The number of amides is 8. The molecule has 8 amide bonds. The first-order valence-electron chi connectivity index (χ1n) is 32.1. The molecule has 24 heteroatoms. The lowest BCUT2D eigenvalue weighted by Crippen LogP contribution is -2.62. The molecule has 21 nitrogen and oxygen atoms in total. The number of benzene rings is 4. The minimum Gasteiger partial charge on any atom is -0.497 e. The Balaban J connectivity index is 1.03. The Hall–Kier alpha value is -9.19. The second-order valence-electron chi connectivity index (χ2n) is 25.5. The first kappa shape index (κ1) is 69.2. The van der Waals surface area contributed by atoms with E-state index >= 15 is 18.8 Å². The van der Waals surface area contributed by atoms with Gasteiger partial charge < -0.3 is 56.9 Å². The molecule has 2 bridgehead atoms. The maximum atomic E-state index is 16.1. The second kappa shape index (κ2) is 30.7. The first-order valence-corrected chi connectivity index (χ1v) is 32.1. The van der Waals surface area contributed by atoms with Crippen molar-refractivity contribution in [3.05, 3.63) is 142 Å². The lowest BCUT2D eigenvalue weighted by atomic mass is 9.84. The van der Waals surface area contributed by atoms with Gasteiger partial charge in [0.15, 0.2) is 11.6 Å². The Morgan fingerprint density at radius 2 is 1.44 bits per heavy atom. The van der Waals surface area contributed by atoms with E-state index in [0.29, 0.717) is 82.1 Å². The minimum atomic E-state index is -1.85. The standard InChI is InChI=1S/C70H82F3N9O12/c1-39-59(84)31-47(29-48-37-75-55-24-21-50(72)34-54(48)55)65(89)78-57(30-45-18-17-44-19-20-49(71)33-53(44)45)68(92)81-38-51(73)35-58(81)66(90)80-63(40(2)83)67(91)79-56(28-42-15-22-52(94-4)23-16-42)69(93)82-26-8-25-70(82,3)60(85)32-46(64(74)88)27-41-11-13-43(14-12-41)36-76-61(86)9-6-5-7-10-62(87)77-39/h11-16,18-24,33-34,37,39-40,46-47,51,56-58,63,75,83H,5-10,17,25-32,35-36,38H2,1-4H3,(H2,74,88)(H,76,86)(H,77,87)(H,78,89)(H,79,91)(H,80,90)/t39-,40-,46-,47-,51+,56+,57+,58+,63+,70+/m1/s1. The minimum absolute atomic E-state index is 0.0131. The lowest BCUT2D eigenvalue weighted by Gasteiger charge is -2.37. The van der Waals surface area contributed by atoms with Crippen LogP contribution in [0, 0.1) is 23.5 Å². The predicted molar refractivity (Wildman–Crippen MR) is 341 cm³/mol. The number of alkyl halides is 1. The van der Waals surface area contributed by atoms with Gasteiger partial charge in [0.1, 0.15) is 47.7 Å². The van der Waals surface area contributed by atoms with Crippen LogP contribution in [0.15, 0.2) is 97.2 Å². The monoisotopic (exact) mass is 1300 g/mol. The fourth-order valence-corrected chi connectivity index (χ4v) is 13.1. The molecule has 1 aromatic heterocycles. The zero-order valence-electron chi connectivity index (χ0n) is 53.2. The van der Waals surface area contributed by atoms with Crippen molar-refractivity contribution >= 4 is 75.3 Å². The van der Waals surface area contributed by atoms with E-state index < -0.39 is 144 Å². The molecule has 4 aliphatic heterocycles. The fraction of sp³-hybridized carbons (Fsp3) is 0.457. The molecule has 500 valence electrons. The van der Waals surface area contributed by atoms with Crippen LogP contribution in [0.5, 0.6) is 5.75 Å². The number of halogens is 3. The van der Waals surface area contributed by atoms with Crippen LogP contribution < -0.4 is 37.1 Å². The quantitative estimate of drug-likeness (QED) is 0.0922. The van der Waals surface area contributed by atoms with Gasteiger partial charge in [0, 0.05) is 87.0 Å². The molecule has 0 radical (unpaired) electrons. The summed E-state index contributed by atoms with van der Waals surface area (Å²) in [6, 6.07) is 14.1. The molecule has 0 spiro atoms. The third kappa shape index (κ3) is 17.0. The van der Waals surface area contributed by atoms with Gasteiger partial charge in [-0.25, -0.2) is 13.2 Å². The molecule has 2 fully saturated rings. The average molecular weight is 1300 g/mol. The number of primary amides is 1. The number of nitrogens with one attached hydrogen (secondary N) is 6. The molecule has 4 aromatic carbocycles. The summed E-state index contributed by atoms with van der Waals surface area (Å²) in [7, 11) is 1.47. The number of aromatic amines is 1. The van der Waals surface area contributed by atoms with Crippen LogP contribution in [0.2, 0.25) is 0 Å². The van der Waals surface area contributed by atoms with Crippen LogP contribution in [0.3, 0.4) is 0 Å². The van der Waals surface area contributed by atoms with Crippen LogP contribution in [-0.2, 0) is 80.2 Å². The molecule has 10 rings (SSSR count). The van der Waals surface area contributed by atoms with E-state index in [1.807, 2.05) is 0 Å². The number of hydrogen-bond acceptors (Lipinski definition) is 12. The SMILES string of the molecule is COc1ccc(C[C@@H]2NC(=O)[C@H]([C@@H](C)O)NC(=O)[C@@H]3C[C@H](F)CN3C(=O)[C@H](CC3=CCc4ccc(F)cc43)NC(=O)[C@H](Cc3c[nH]c4ccc(F)cc34)CC(=O)[C@@H](C)NC(=O)CCCCCC(=O)NCc3ccc(cc3)C[C@@H](C(N)=O)CC(=O)[C@]3(C)CCCN3C2=O)cc1. The maximum Gasteiger partial charge on any atom is 0.246 e. The summed E-state index contributed by atoms with van der Waals surface area (Å²) in [6.07, 6.45) is 0.157. The maximum absolute atomic E-state index is 16.1. The van der Waals surface area contributed by atoms with Crippen molar-refractivity contribution in [2.45, 2.75) is 172 Å². The Labute approximate surface area is 542 Å². The number of nitrogens with zero attached hydrogens (tertiary/aromatic N) is 2. The molecule has 9 N–H and O–H groups in total. The van der Waals surface area contributed by atoms with Gasteiger partial charge in [-0.2, -0.15) is 0 Å². The number of aliphatic hydroxyl groups is 1. The van der Waals surface area contributed by atoms with Crippen LogP contribution in [0.1, 0.15) is 125 Å². The normalized spacial score (nSPS) is 25.9. The third-order valence-corrected chi connectivity index (χ3v) is 18.7. The van der Waals surface area contributed by atoms with Gasteiger partial charge in [0.2, 0.25) is 47.3 Å². The second-order valence-corrected chi connectivity index (χ2v) is 25.5. The molecule has 5 aliphatic rings. The van der Waals surface area contributed by atoms with Crippen LogP contribution >= 0.6 is 0 Å². The van der Waals surface area contributed by atoms with Gasteiger partial charge in [0.05, 0.1) is 31.3 Å². The number of H-pyrrole nitrogens is 1. The van der Waals surface area contributed by atoms with Crippen molar-refractivity contribution in [3.8, 4) is 5.75 Å². The molecule has 94 heavy (non-hydrogen) atoms. The van der Waals surface area contributed by atoms with E-state index in [1.165, 1.54) is 56.2 Å². The number of Topliss-reactive ketones (excluding diaryl/α,β-unsaturated/α-hetero) is 2. The number of nitrogens with two attached hydrogens (primary N) is 1. The zero-order chi connectivity index (χ0) is 67.5. The van der Waals surface area contributed by atoms with E-state index in [1.54, 1.807) is 73.8 Å². The highest BCUT2D eigenvalue weighted by atomic mass is 19.1. The van der Waals surface area contributed by atoms with E-state index in [2.05, 4.69) is 31.6 Å². The van der Waals surface area contributed by atoms with Gasteiger partial charge in [-0.1, -0.05) is 55.0 Å². The Kier molecular flexibility index (Phi) is 22.6. The lowest BCUT2D eigenvalue weighted by molar-refractivity contribution is -0.147. The summed E-state index contributed by atoms with van der Waals surface area (Å²) < 4.78 is 51.2. The molecule has 2 saturated heterocycles. The Bertz CT molecular complexity index is 3710. The van der Waals surface area contributed by atoms with E-state index in [4.69, 9.17) is 10.5 Å². The Morgan fingerprint density at radius 3 is 2.15 bits per heavy atom. The zero-order valence-corrected chi connectivity index (χ0v) is 53.2. The number of methoxy groups -OCH3 is 1. The molecule has 0 unspecified atom stereocenters. The van der Waals surface area contributed by atoms with Crippen molar-refractivity contribution in [1.82, 2.24) is 41.4 Å². The van der Waals surface area contributed by atoms with Gasteiger partial charge in [0.25, 0.3) is 0 Å². The van der Waals surface area contributed by atoms with Crippen molar-refractivity contribution in [3.63, 3.8) is 0 Å². The van der Waals surface area contributed by atoms with Gasteiger partial charge in [-0.3, -0.25) is 47.9 Å². The number of aromatic nitrogens is 1. The van der Waals surface area contributed by atoms with Crippen molar-refractivity contribution < 1.29 is 71.0 Å².